The van der Waals surface area contributed by atoms with Crippen LogP contribution in [0.15, 0.2) is 36.4 Å². The second-order valence-electron chi connectivity index (χ2n) is 7.08. The van der Waals surface area contributed by atoms with Gasteiger partial charge >= 0.3 is 0 Å². The molecule has 0 unspecified atom stereocenters. The van der Waals surface area contributed by atoms with Gasteiger partial charge in [-0.15, -0.1) is 0 Å². The largest absolute Gasteiger partial charge is 0.350 e. The molecule has 1 amide bonds. The van der Waals surface area contributed by atoms with E-state index < -0.39 is 0 Å². The number of nitrogens with zero attached hydrogens (tertiary/aromatic N) is 3. The van der Waals surface area contributed by atoms with Gasteiger partial charge in [-0.1, -0.05) is 0 Å². The van der Waals surface area contributed by atoms with Gasteiger partial charge in [-0.25, -0.2) is 9.07 Å². The number of amides is 1. The van der Waals surface area contributed by atoms with E-state index in [1.165, 1.54) is 12.1 Å². The van der Waals surface area contributed by atoms with Crippen LogP contribution in [0.5, 0.6) is 0 Å². The standard InChI is InChI=1S/C21H23FN4O/c1-14-7-10-17(25(14)2)13-23-21(27)20-18-5-3-4-6-19(18)26(24-20)16-11-8-15(22)9-12-16/h7-12H,3-6,13H2,1-2H3,(H,23,27). The van der Waals surface area contributed by atoms with Crippen molar-refractivity contribution in [1.82, 2.24) is 19.7 Å². The van der Waals surface area contributed by atoms with Gasteiger partial charge in [0.15, 0.2) is 5.69 Å². The van der Waals surface area contributed by atoms with Crippen LogP contribution in [0.25, 0.3) is 5.69 Å². The van der Waals surface area contributed by atoms with Crippen LogP contribution in [0.1, 0.15) is 46.0 Å². The van der Waals surface area contributed by atoms with Gasteiger partial charge in [0.1, 0.15) is 5.82 Å². The highest BCUT2D eigenvalue weighted by molar-refractivity contribution is 5.94. The van der Waals surface area contributed by atoms with E-state index in [0.717, 1.165) is 54.0 Å². The predicted octanol–water partition coefficient (Wildman–Crippen LogP) is 3.47. The van der Waals surface area contributed by atoms with E-state index in [2.05, 4.69) is 15.0 Å². The molecular weight excluding hydrogens is 343 g/mol. The predicted molar refractivity (Wildman–Crippen MR) is 101 cm³/mol. The number of rotatable bonds is 4. The fourth-order valence-corrected chi connectivity index (χ4v) is 3.68. The Morgan fingerprint density at radius 2 is 1.89 bits per heavy atom. The van der Waals surface area contributed by atoms with E-state index in [1.54, 1.807) is 16.8 Å². The third-order valence-corrected chi connectivity index (χ3v) is 5.37. The average Bonchev–Trinajstić information content (AvgIpc) is 3.22. The molecule has 2 heterocycles. The molecule has 0 atom stereocenters. The summed E-state index contributed by atoms with van der Waals surface area (Å²) in [7, 11) is 1.99. The lowest BCUT2D eigenvalue weighted by atomic mass is 9.95. The molecule has 1 aliphatic carbocycles. The molecule has 0 bridgehead atoms. The van der Waals surface area contributed by atoms with Crippen LogP contribution in [0.2, 0.25) is 0 Å². The van der Waals surface area contributed by atoms with Crippen LogP contribution in [0.3, 0.4) is 0 Å². The smallest absolute Gasteiger partial charge is 0.272 e. The highest BCUT2D eigenvalue weighted by Gasteiger charge is 2.25. The molecule has 27 heavy (non-hydrogen) atoms. The van der Waals surface area contributed by atoms with Gasteiger partial charge in [-0.05, 0) is 69.0 Å². The molecule has 6 heteroatoms. The molecule has 5 nitrogen and oxygen atoms in total. The van der Waals surface area contributed by atoms with Crippen LogP contribution in [0, 0.1) is 12.7 Å². The van der Waals surface area contributed by atoms with E-state index in [-0.39, 0.29) is 11.7 Å². The first-order valence-electron chi connectivity index (χ1n) is 9.30. The van der Waals surface area contributed by atoms with Gasteiger partial charge in [-0.3, -0.25) is 4.79 Å². The number of hydrogen-bond acceptors (Lipinski definition) is 2. The number of halogens is 1. The van der Waals surface area contributed by atoms with Crippen molar-refractivity contribution in [2.75, 3.05) is 0 Å². The Bertz CT molecular complexity index is 985. The number of nitrogens with one attached hydrogen (secondary N) is 1. The minimum atomic E-state index is -0.282. The Kier molecular flexibility index (Phi) is 4.56. The highest BCUT2D eigenvalue weighted by atomic mass is 19.1. The fourth-order valence-electron chi connectivity index (χ4n) is 3.68. The summed E-state index contributed by atoms with van der Waals surface area (Å²) in [5.41, 5.74) is 5.55. The van der Waals surface area contributed by atoms with E-state index in [0.29, 0.717) is 12.2 Å². The van der Waals surface area contributed by atoms with Crippen LogP contribution in [0.4, 0.5) is 4.39 Å². The Labute approximate surface area is 157 Å². The number of hydrogen-bond donors (Lipinski definition) is 1. The number of aryl methyl sites for hydroxylation is 1. The molecular formula is C21H23FN4O. The van der Waals surface area contributed by atoms with Crippen molar-refractivity contribution in [2.24, 2.45) is 7.05 Å². The number of fused-ring (bicyclic) bond motifs is 1. The Hall–Kier alpha value is -2.89. The van der Waals surface area contributed by atoms with E-state index in [1.807, 2.05) is 26.1 Å². The molecule has 0 spiro atoms. The summed E-state index contributed by atoms with van der Waals surface area (Å²) in [6.07, 6.45) is 3.86. The Morgan fingerprint density at radius 3 is 2.59 bits per heavy atom. The Morgan fingerprint density at radius 1 is 1.15 bits per heavy atom. The summed E-state index contributed by atoms with van der Waals surface area (Å²) >= 11 is 0. The normalized spacial score (nSPS) is 13.4. The van der Waals surface area contributed by atoms with Crippen molar-refractivity contribution in [3.8, 4) is 5.69 Å². The summed E-state index contributed by atoms with van der Waals surface area (Å²) in [6.45, 7) is 2.49. The Balaban J connectivity index is 1.63. The van der Waals surface area contributed by atoms with E-state index in [9.17, 15) is 9.18 Å². The van der Waals surface area contributed by atoms with E-state index in [4.69, 9.17) is 0 Å². The quantitative estimate of drug-likeness (QED) is 0.769. The van der Waals surface area contributed by atoms with Gasteiger partial charge in [0.25, 0.3) is 5.91 Å². The van der Waals surface area contributed by atoms with Crippen LogP contribution < -0.4 is 5.32 Å². The number of benzene rings is 1. The van der Waals surface area contributed by atoms with Gasteiger partial charge in [0.05, 0.1) is 12.2 Å². The molecule has 0 fully saturated rings. The lowest BCUT2D eigenvalue weighted by Gasteiger charge is -2.14. The molecule has 0 radical (unpaired) electrons. The maximum atomic E-state index is 13.3. The number of carbonyl (C=O) groups excluding carboxylic acids is 1. The van der Waals surface area contributed by atoms with Crippen molar-refractivity contribution < 1.29 is 9.18 Å². The van der Waals surface area contributed by atoms with Gasteiger partial charge in [0, 0.05) is 29.7 Å². The third-order valence-electron chi connectivity index (χ3n) is 5.37. The second-order valence-corrected chi connectivity index (χ2v) is 7.08. The van der Waals surface area contributed by atoms with Crippen LogP contribution in [-0.2, 0) is 26.4 Å². The maximum absolute atomic E-state index is 13.3. The molecule has 4 rings (SSSR count). The zero-order valence-corrected chi connectivity index (χ0v) is 15.6. The SMILES string of the molecule is Cc1ccc(CNC(=O)c2nn(-c3ccc(F)cc3)c3c2CCCC3)n1C. The second kappa shape index (κ2) is 7.02. The molecule has 1 N–H and O–H groups in total. The minimum Gasteiger partial charge on any atom is -0.350 e. The summed E-state index contributed by atoms with van der Waals surface area (Å²) in [5.74, 6) is -0.441. The van der Waals surface area contributed by atoms with Crippen LogP contribution in [-0.4, -0.2) is 20.3 Å². The van der Waals surface area contributed by atoms with Crippen LogP contribution >= 0.6 is 0 Å². The number of carbonyl (C=O) groups is 1. The lowest BCUT2D eigenvalue weighted by molar-refractivity contribution is 0.0943. The fraction of sp³-hybridized carbons (Fsp3) is 0.333. The van der Waals surface area contributed by atoms with E-state index >= 15 is 0 Å². The summed E-state index contributed by atoms with van der Waals surface area (Å²) in [6, 6.07) is 10.3. The van der Waals surface area contributed by atoms with Crippen molar-refractivity contribution in [2.45, 2.75) is 39.2 Å². The summed E-state index contributed by atoms with van der Waals surface area (Å²) < 4.78 is 17.1. The molecule has 3 aromatic rings. The summed E-state index contributed by atoms with van der Waals surface area (Å²) in [5, 5.41) is 7.60. The van der Waals surface area contributed by atoms with Gasteiger partial charge in [0.2, 0.25) is 0 Å². The minimum absolute atomic E-state index is 0.159. The summed E-state index contributed by atoms with van der Waals surface area (Å²) in [4.78, 5) is 12.9. The highest BCUT2D eigenvalue weighted by Crippen LogP contribution is 2.27. The molecule has 1 aliphatic rings. The van der Waals surface area contributed by atoms with Crippen molar-refractivity contribution in [3.63, 3.8) is 0 Å². The molecule has 2 aromatic heterocycles. The molecule has 0 saturated heterocycles. The van der Waals surface area contributed by atoms with Gasteiger partial charge in [-0.2, -0.15) is 5.10 Å². The molecule has 0 saturated carbocycles. The first-order chi connectivity index (χ1) is 13.0. The first-order valence-corrected chi connectivity index (χ1v) is 9.30. The van der Waals surface area contributed by atoms with Crippen molar-refractivity contribution >= 4 is 5.91 Å². The molecule has 140 valence electrons. The molecule has 1 aromatic carbocycles. The molecule has 0 aliphatic heterocycles. The zero-order valence-electron chi connectivity index (χ0n) is 15.6. The van der Waals surface area contributed by atoms with Crippen molar-refractivity contribution in [3.05, 3.63) is 70.6 Å². The first kappa shape index (κ1) is 17.5. The van der Waals surface area contributed by atoms with Gasteiger partial charge < -0.3 is 9.88 Å². The lowest BCUT2D eigenvalue weighted by Crippen LogP contribution is -2.25. The zero-order chi connectivity index (χ0) is 19.0. The van der Waals surface area contributed by atoms with Crippen molar-refractivity contribution in [1.29, 1.82) is 0 Å². The average molecular weight is 366 g/mol. The topological polar surface area (TPSA) is 51.9 Å². The monoisotopic (exact) mass is 366 g/mol. The number of aromatic nitrogens is 3. The maximum Gasteiger partial charge on any atom is 0.272 e. The third kappa shape index (κ3) is 3.27.